The van der Waals surface area contributed by atoms with Gasteiger partial charge in [0.25, 0.3) is 0 Å². The second-order valence-electron chi connectivity index (χ2n) is 4.38. The molecule has 0 N–H and O–H groups in total. The molecule has 92 valence electrons. The van der Waals surface area contributed by atoms with Gasteiger partial charge in [0, 0.05) is 24.2 Å². The van der Waals surface area contributed by atoms with Gasteiger partial charge in [-0.2, -0.15) is 0 Å². The van der Waals surface area contributed by atoms with E-state index in [0.29, 0.717) is 0 Å². The Morgan fingerprint density at radius 1 is 1.06 bits per heavy atom. The molecule has 1 rings (SSSR count). The first-order valence-electron chi connectivity index (χ1n) is 5.49. The Bertz CT molecular complexity index is 341. The first kappa shape index (κ1) is 13.1. The van der Waals surface area contributed by atoms with Gasteiger partial charge >= 0.3 is 0 Å². The second kappa shape index (κ2) is 4.50. The second-order valence-corrected chi connectivity index (χ2v) is 4.38. The van der Waals surface area contributed by atoms with Gasteiger partial charge in [-0.25, -0.2) is 0 Å². The van der Waals surface area contributed by atoms with Gasteiger partial charge in [0.2, 0.25) is 0 Å². The molecule has 0 heterocycles. The van der Waals surface area contributed by atoms with Crippen LogP contribution in [-0.2, 0) is 14.2 Å². The zero-order chi connectivity index (χ0) is 12.5. The molecule has 0 saturated carbocycles. The molecule has 3 nitrogen and oxygen atoms in total. The summed E-state index contributed by atoms with van der Waals surface area (Å²) in [5, 5.41) is 0. The van der Waals surface area contributed by atoms with Gasteiger partial charge in [0.1, 0.15) is 11.5 Å². The third-order valence-electron chi connectivity index (χ3n) is 3.86. The van der Waals surface area contributed by atoms with E-state index in [1.165, 1.54) is 0 Å². The molecular weight excluding hydrogens is 204 g/mol. The molecular formula is C13H22O3. The predicted molar refractivity (Wildman–Crippen MR) is 64.0 cm³/mol. The first-order valence-corrected chi connectivity index (χ1v) is 5.49. The Hall–Kier alpha value is -0.960. The molecule has 1 aliphatic rings. The van der Waals surface area contributed by atoms with Crippen LogP contribution in [0.4, 0.5) is 0 Å². The fourth-order valence-corrected chi connectivity index (χ4v) is 2.48. The number of methoxy groups -OCH3 is 3. The highest BCUT2D eigenvalue weighted by atomic mass is 16.5. The topological polar surface area (TPSA) is 27.7 Å². The molecule has 0 bridgehead atoms. The number of ether oxygens (including phenoxy) is 3. The molecule has 0 amide bonds. The molecule has 3 heteroatoms. The molecule has 0 radical (unpaired) electrons. The van der Waals surface area contributed by atoms with Crippen molar-refractivity contribution in [2.75, 3.05) is 21.3 Å². The molecule has 0 fully saturated rings. The van der Waals surface area contributed by atoms with Crippen molar-refractivity contribution in [3.63, 3.8) is 0 Å². The normalized spacial score (nSPS) is 30.8. The third kappa shape index (κ3) is 1.63. The van der Waals surface area contributed by atoms with Crippen molar-refractivity contribution in [1.29, 1.82) is 0 Å². The summed E-state index contributed by atoms with van der Waals surface area (Å²) < 4.78 is 16.6. The summed E-state index contributed by atoms with van der Waals surface area (Å²) in [6, 6.07) is 0. The third-order valence-corrected chi connectivity index (χ3v) is 3.86. The van der Waals surface area contributed by atoms with Crippen molar-refractivity contribution in [2.45, 2.75) is 33.3 Å². The largest absolute Gasteiger partial charge is 0.500 e. The Morgan fingerprint density at radius 2 is 1.62 bits per heavy atom. The van der Waals surface area contributed by atoms with Crippen molar-refractivity contribution in [1.82, 2.24) is 0 Å². The van der Waals surface area contributed by atoms with E-state index in [-0.39, 0.29) is 11.5 Å². The molecule has 0 aromatic rings. The van der Waals surface area contributed by atoms with Crippen molar-refractivity contribution >= 4 is 0 Å². The van der Waals surface area contributed by atoms with E-state index in [1.807, 2.05) is 6.92 Å². The fraction of sp³-hybridized carbons (Fsp3) is 0.692. The van der Waals surface area contributed by atoms with E-state index in [4.69, 9.17) is 14.2 Å². The van der Waals surface area contributed by atoms with Crippen molar-refractivity contribution in [3.8, 4) is 0 Å². The lowest BCUT2D eigenvalue weighted by Crippen LogP contribution is -2.41. The van der Waals surface area contributed by atoms with E-state index < -0.39 is 0 Å². The van der Waals surface area contributed by atoms with E-state index >= 15 is 0 Å². The zero-order valence-corrected chi connectivity index (χ0v) is 11.3. The average Bonchev–Trinajstić information content (AvgIpc) is 2.28. The lowest BCUT2D eigenvalue weighted by atomic mass is 9.76. The summed E-state index contributed by atoms with van der Waals surface area (Å²) >= 11 is 0. The average molecular weight is 226 g/mol. The molecule has 0 aliphatic heterocycles. The monoisotopic (exact) mass is 226 g/mol. The van der Waals surface area contributed by atoms with Crippen LogP contribution in [-0.4, -0.2) is 26.9 Å². The van der Waals surface area contributed by atoms with Gasteiger partial charge in [-0.15, -0.1) is 0 Å². The maximum Gasteiger partial charge on any atom is 0.126 e. The SMILES string of the molecule is COC1=C(C)C(C)(OC)C(C)C(OC)=C1C. The molecule has 16 heavy (non-hydrogen) atoms. The van der Waals surface area contributed by atoms with Crippen LogP contribution in [0.2, 0.25) is 0 Å². The quantitative estimate of drug-likeness (QED) is 0.740. The van der Waals surface area contributed by atoms with Crippen LogP contribution < -0.4 is 0 Å². The molecule has 0 aromatic carbocycles. The highest BCUT2D eigenvalue weighted by Crippen LogP contribution is 2.43. The van der Waals surface area contributed by atoms with Gasteiger partial charge in [-0.05, 0) is 20.8 Å². The van der Waals surface area contributed by atoms with Crippen LogP contribution in [0.1, 0.15) is 27.7 Å². The Kier molecular flexibility index (Phi) is 3.68. The fourth-order valence-electron chi connectivity index (χ4n) is 2.48. The van der Waals surface area contributed by atoms with Crippen LogP contribution in [0.3, 0.4) is 0 Å². The lowest BCUT2D eigenvalue weighted by Gasteiger charge is -2.41. The van der Waals surface area contributed by atoms with E-state index in [9.17, 15) is 0 Å². The van der Waals surface area contributed by atoms with Gasteiger partial charge in [-0.3, -0.25) is 0 Å². The van der Waals surface area contributed by atoms with E-state index in [0.717, 1.165) is 22.7 Å². The molecule has 2 atom stereocenters. The first-order chi connectivity index (χ1) is 7.43. The van der Waals surface area contributed by atoms with Crippen molar-refractivity contribution in [3.05, 3.63) is 22.7 Å². The molecule has 1 aliphatic carbocycles. The summed E-state index contributed by atoms with van der Waals surface area (Å²) in [7, 11) is 5.10. The molecule has 2 unspecified atom stereocenters. The smallest absolute Gasteiger partial charge is 0.126 e. The van der Waals surface area contributed by atoms with Crippen molar-refractivity contribution < 1.29 is 14.2 Å². The van der Waals surface area contributed by atoms with Crippen LogP contribution in [0, 0.1) is 5.92 Å². The maximum atomic E-state index is 5.66. The maximum absolute atomic E-state index is 5.66. The number of rotatable bonds is 3. The number of hydrogen-bond acceptors (Lipinski definition) is 3. The molecule has 0 aromatic heterocycles. The zero-order valence-electron chi connectivity index (χ0n) is 11.3. The lowest BCUT2D eigenvalue weighted by molar-refractivity contribution is -0.0187. The van der Waals surface area contributed by atoms with Gasteiger partial charge in [-0.1, -0.05) is 6.92 Å². The van der Waals surface area contributed by atoms with E-state index in [1.54, 1.807) is 21.3 Å². The highest BCUT2D eigenvalue weighted by Gasteiger charge is 2.43. The van der Waals surface area contributed by atoms with Gasteiger partial charge in [0.15, 0.2) is 0 Å². The van der Waals surface area contributed by atoms with Crippen LogP contribution >= 0.6 is 0 Å². The Balaban J connectivity index is 3.39. The summed E-state index contributed by atoms with van der Waals surface area (Å²) in [4.78, 5) is 0. The number of hydrogen-bond donors (Lipinski definition) is 0. The van der Waals surface area contributed by atoms with E-state index in [2.05, 4.69) is 20.8 Å². The minimum absolute atomic E-state index is 0.182. The minimum atomic E-state index is -0.365. The van der Waals surface area contributed by atoms with Gasteiger partial charge < -0.3 is 14.2 Å². The number of allylic oxidation sites excluding steroid dienone is 1. The minimum Gasteiger partial charge on any atom is -0.500 e. The van der Waals surface area contributed by atoms with Crippen molar-refractivity contribution in [2.24, 2.45) is 5.92 Å². The van der Waals surface area contributed by atoms with Gasteiger partial charge in [0.05, 0.1) is 19.8 Å². The van der Waals surface area contributed by atoms with Crippen LogP contribution in [0.15, 0.2) is 22.7 Å². The molecule has 0 saturated heterocycles. The Labute approximate surface area is 98.1 Å². The van der Waals surface area contributed by atoms with Crippen LogP contribution in [0.25, 0.3) is 0 Å². The summed E-state index contributed by atoms with van der Waals surface area (Å²) in [6.07, 6.45) is 0. The summed E-state index contributed by atoms with van der Waals surface area (Å²) in [5.74, 6) is 1.99. The molecule has 0 spiro atoms. The predicted octanol–water partition coefficient (Wildman–Crippen LogP) is 2.88. The van der Waals surface area contributed by atoms with Crippen LogP contribution in [0.5, 0.6) is 0 Å². The highest BCUT2D eigenvalue weighted by molar-refractivity contribution is 5.42. The standard InChI is InChI=1S/C13H22O3/c1-8-11(14-5)9(2)13(4,16-7)10(3)12(8)15-6/h9H,1-7H3. The summed E-state index contributed by atoms with van der Waals surface area (Å²) in [6.45, 7) is 8.25. The Morgan fingerprint density at radius 3 is 2.00 bits per heavy atom. The summed E-state index contributed by atoms with van der Waals surface area (Å²) in [5.41, 5.74) is 1.81.